The minimum Gasteiger partial charge on any atom is -0.331 e. The van der Waals surface area contributed by atoms with Crippen molar-refractivity contribution in [3.63, 3.8) is 0 Å². The molecule has 1 aliphatic rings. The summed E-state index contributed by atoms with van der Waals surface area (Å²) in [6.45, 7) is 0.655. The van der Waals surface area contributed by atoms with Gasteiger partial charge in [0.15, 0.2) is 0 Å². The van der Waals surface area contributed by atoms with Crippen LogP contribution in [0.15, 0.2) is 41.8 Å². The molecule has 1 aromatic carbocycles. The molecule has 1 fully saturated rings. The van der Waals surface area contributed by atoms with E-state index >= 15 is 0 Å². The van der Waals surface area contributed by atoms with Crippen LogP contribution in [0.25, 0.3) is 0 Å². The molecule has 1 saturated heterocycles. The van der Waals surface area contributed by atoms with E-state index < -0.39 is 0 Å². The molecule has 1 atom stereocenters. The number of carbonyl (C=O) groups excluding carboxylic acids is 2. The third-order valence-corrected chi connectivity index (χ3v) is 5.34. The highest BCUT2D eigenvalue weighted by Gasteiger charge is 2.33. The summed E-state index contributed by atoms with van der Waals surface area (Å²) in [7, 11) is 0. The van der Waals surface area contributed by atoms with Crippen LogP contribution in [0, 0.1) is 0 Å². The topological polar surface area (TPSA) is 49.4 Å². The Morgan fingerprint density at radius 1 is 1.25 bits per heavy atom. The predicted octanol–water partition coefficient (Wildman–Crippen LogP) is 3.96. The van der Waals surface area contributed by atoms with Crippen LogP contribution in [0.4, 0.5) is 5.69 Å². The molecular weight excluding hydrogens is 344 g/mol. The highest BCUT2D eigenvalue weighted by molar-refractivity contribution is 7.09. The lowest BCUT2D eigenvalue weighted by Crippen LogP contribution is -2.43. The van der Waals surface area contributed by atoms with Crippen molar-refractivity contribution in [3.05, 3.63) is 51.7 Å². The average Bonchev–Trinajstić information content (AvgIpc) is 3.26. The highest BCUT2D eigenvalue weighted by atomic mass is 35.5. The van der Waals surface area contributed by atoms with Crippen molar-refractivity contribution in [2.24, 2.45) is 0 Å². The minimum atomic E-state index is -0.378. The van der Waals surface area contributed by atoms with Gasteiger partial charge in [-0.15, -0.1) is 11.3 Å². The number of nitrogens with one attached hydrogen (secondary N) is 1. The fraction of sp³-hybridized carbons (Fsp3) is 0.333. The summed E-state index contributed by atoms with van der Waals surface area (Å²) in [5, 5.41) is 5.51. The zero-order chi connectivity index (χ0) is 16.9. The summed E-state index contributed by atoms with van der Waals surface area (Å²) in [4.78, 5) is 27.9. The Morgan fingerprint density at radius 2 is 2.04 bits per heavy atom. The lowest BCUT2D eigenvalue weighted by molar-refractivity contribution is -0.136. The number of nitrogens with zero attached hydrogens (tertiary/aromatic N) is 1. The van der Waals surface area contributed by atoms with Crippen molar-refractivity contribution in [2.75, 3.05) is 11.9 Å². The van der Waals surface area contributed by atoms with E-state index in [4.69, 9.17) is 11.6 Å². The normalized spacial score (nSPS) is 17.0. The number of hydrogen-bond donors (Lipinski definition) is 1. The first-order valence-electron chi connectivity index (χ1n) is 8.02. The van der Waals surface area contributed by atoms with E-state index in [1.54, 1.807) is 40.5 Å². The first kappa shape index (κ1) is 17.0. The molecule has 0 unspecified atom stereocenters. The maximum Gasteiger partial charge on any atom is 0.247 e. The van der Waals surface area contributed by atoms with Crippen LogP contribution in [0.3, 0.4) is 0 Å². The van der Waals surface area contributed by atoms with Crippen LogP contribution < -0.4 is 5.32 Å². The van der Waals surface area contributed by atoms with E-state index in [-0.39, 0.29) is 17.9 Å². The van der Waals surface area contributed by atoms with Crippen LogP contribution in [0.1, 0.15) is 24.1 Å². The van der Waals surface area contributed by atoms with Crippen LogP contribution in [-0.4, -0.2) is 29.3 Å². The quantitative estimate of drug-likeness (QED) is 0.875. The Kier molecular flexibility index (Phi) is 5.53. The minimum absolute atomic E-state index is 0.0529. The molecule has 1 aliphatic heterocycles. The van der Waals surface area contributed by atoms with Crippen LogP contribution in [0.5, 0.6) is 0 Å². The highest BCUT2D eigenvalue weighted by Crippen LogP contribution is 2.22. The van der Waals surface area contributed by atoms with E-state index in [9.17, 15) is 9.59 Å². The molecular formula is C18H19ClN2O2S. The summed E-state index contributed by atoms with van der Waals surface area (Å²) < 4.78 is 0. The SMILES string of the molecule is O=C(Nc1ccc(Cl)cc1)[C@@H]1CCCN1C(=O)CCc1cccs1. The van der Waals surface area contributed by atoms with Gasteiger partial charge in [0.25, 0.3) is 0 Å². The van der Waals surface area contributed by atoms with Crippen molar-refractivity contribution >= 4 is 40.4 Å². The van der Waals surface area contributed by atoms with Crippen molar-refractivity contribution in [3.8, 4) is 0 Å². The number of halogens is 1. The lowest BCUT2D eigenvalue weighted by Gasteiger charge is -2.24. The van der Waals surface area contributed by atoms with E-state index in [0.717, 1.165) is 12.8 Å². The van der Waals surface area contributed by atoms with Gasteiger partial charge in [0.2, 0.25) is 11.8 Å². The third-order valence-electron chi connectivity index (χ3n) is 4.15. The first-order valence-corrected chi connectivity index (χ1v) is 9.27. The number of amides is 2. The number of rotatable bonds is 5. The molecule has 126 valence electrons. The van der Waals surface area contributed by atoms with Gasteiger partial charge in [-0.25, -0.2) is 0 Å². The van der Waals surface area contributed by atoms with Crippen LogP contribution >= 0.6 is 22.9 Å². The molecule has 4 nitrogen and oxygen atoms in total. The molecule has 0 aliphatic carbocycles. The maximum atomic E-state index is 12.5. The second kappa shape index (κ2) is 7.81. The summed E-state index contributed by atoms with van der Waals surface area (Å²) in [6, 6.07) is 10.6. The predicted molar refractivity (Wildman–Crippen MR) is 97.5 cm³/mol. The zero-order valence-corrected chi connectivity index (χ0v) is 14.8. The van der Waals surface area contributed by atoms with E-state index in [1.807, 2.05) is 17.5 Å². The third kappa shape index (κ3) is 4.16. The standard InChI is InChI=1S/C18H19ClN2O2S/c19-13-5-7-14(8-6-13)20-18(23)16-4-1-11-21(16)17(22)10-9-15-3-2-12-24-15/h2-3,5-8,12,16H,1,4,9-11H2,(H,20,23)/t16-/m0/s1. The molecule has 2 amide bonds. The molecule has 1 aromatic heterocycles. The Hall–Kier alpha value is -1.85. The van der Waals surface area contributed by atoms with Crippen molar-refractivity contribution in [1.29, 1.82) is 0 Å². The molecule has 24 heavy (non-hydrogen) atoms. The molecule has 1 N–H and O–H groups in total. The number of likely N-dealkylation sites (tertiary alicyclic amines) is 1. The van der Waals surface area contributed by atoms with Gasteiger partial charge in [0.1, 0.15) is 6.04 Å². The van der Waals surface area contributed by atoms with Gasteiger partial charge >= 0.3 is 0 Å². The van der Waals surface area contributed by atoms with Gasteiger partial charge in [-0.3, -0.25) is 9.59 Å². The summed E-state index contributed by atoms with van der Waals surface area (Å²) in [5.41, 5.74) is 0.697. The lowest BCUT2D eigenvalue weighted by atomic mass is 10.1. The van der Waals surface area contributed by atoms with E-state index in [1.165, 1.54) is 4.88 Å². The molecule has 6 heteroatoms. The number of anilines is 1. The van der Waals surface area contributed by atoms with Crippen molar-refractivity contribution < 1.29 is 9.59 Å². The number of aryl methyl sites for hydroxylation is 1. The zero-order valence-electron chi connectivity index (χ0n) is 13.2. The van der Waals surface area contributed by atoms with Crippen LogP contribution in [0.2, 0.25) is 5.02 Å². The second-order valence-electron chi connectivity index (χ2n) is 5.82. The van der Waals surface area contributed by atoms with E-state index in [0.29, 0.717) is 30.1 Å². The number of carbonyl (C=O) groups is 2. The smallest absolute Gasteiger partial charge is 0.247 e. The fourth-order valence-corrected chi connectivity index (χ4v) is 3.76. The number of thiophene rings is 1. The Labute approximate surface area is 150 Å². The molecule has 0 spiro atoms. The average molecular weight is 363 g/mol. The largest absolute Gasteiger partial charge is 0.331 e. The number of benzene rings is 1. The Balaban J connectivity index is 1.58. The van der Waals surface area contributed by atoms with Crippen molar-refractivity contribution in [1.82, 2.24) is 4.90 Å². The molecule has 0 radical (unpaired) electrons. The van der Waals surface area contributed by atoms with Gasteiger partial charge in [0, 0.05) is 28.6 Å². The molecule has 0 saturated carbocycles. The van der Waals surface area contributed by atoms with Gasteiger partial charge in [-0.1, -0.05) is 17.7 Å². The summed E-state index contributed by atoms with van der Waals surface area (Å²) >= 11 is 7.51. The molecule has 0 bridgehead atoms. The van der Waals surface area contributed by atoms with Gasteiger partial charge in [-0.05, 0) is 55.0 Å². The van der Waals surface area contributed by atoms with Gasteiger partial charge in [-0.2, -0.15) is 0 Å². The van der Waals surface area contributed by atoms with Gasteiger partial charge < -0.3 is 10.2 Å². The summed E-state index contributed by atoms with van der Waals surface area (Å²) in [5.74, 6) is -0.0727. The summed E-state index contributed by atoms with van der Waals surface area (Å²) in [6.07, 6.45) is 2.76. The fourth-order valence-electron chi connectivity index (χ4n) is 2.93. The Morgan fingerprint density at radius 3 is 2.75 bits per heavy atom. The molecule has 3 rings (SSSR count). The first-order chi connectivity index (χ1) is 11.6. The molecule has 2 aromatic rings. The second-order valence-corrected chi connectivity index (χ2v) is 7.29. The monoisotopic (exact) mass is 362 g/mol. The van der Waals surface area contributed by atoms with Crippen LogP contribution in [-0.2, 0) is 16.0 Å². The maximum absolute atomic E-state index is 12.5. The van der Waals surface area contributed by atoms with E-state index in [2.05, 4.69) is 5.32 Å². The number of hydrogen-bond acceptors (Lipinski definition) is 3. The van der Waals surface area contributed by atoms with Crippen molar-refractivity contribution in [2.45, 2.75) is 31.7 Å². The molecule has 2 heterocycles. The van der Waals surface area contributed by atoms with Gasteiger partial charge in [0.05, 0.1) is 0 Å². The Bertz CT molecular complexity index is 700.